The summed E-state index contributed by atoms with van der Waals surface area (Å²) in [6.07, 6.45) is 1.60. The van der Waals surface area contributed by atoms with E-state index in [1.807, 2.05) is 42.5 Å². The third-order valence-electron chi connectivity index (χ3n) is 3.99. The van der Waals surface area contributed by atoms with Crippen LogP contribution in [0.1, 0.15) is 22.3 Å². The normalized spacial score (nSPS) is 10.7. The molecule has 0 aromatic heterocycles. The van der Waals surface area contributed by atoms with Crippen molar-refractivity contribution in [3.63, 3.8) is 0 Å². The Kier molecular flexibility index (Phi) is 7.54. The zero-order valence-corrected chi connectivity index (χ0v) is 18.2. The molecule has 3 rings (SSSR count). The topological polar surface area (TPSA) is 54.6 Å². The van der Waals surface area contributed by atoms with Gasteiger partial charge in [-0.15, -0.1) is 0 Å². The monoisotopic (exact) mass is 488 g/mol. The molecule has 0 bridgehead atoms. The number of halogens is 3. The maximum Gasteiger partial charge on any atom is 0.143 e. The number of hydrogen-bond donors (Lipinski definition) is 0. The predicted molar refractivity (Wildman–Crippen MR) is 118 cm³/mol. The minimum absolute atomic E-state index is 0.227. The molecular formula is C22H15BrCl2N2O2. The van der Waals surface area contributed by atoms with Crippen molar-refractivity contribution in [3.05, 3.63) is 97.4 Å². The molecule has 3 aromatic rings. The summed E-state index contributed by atoms with van der Waals surface area (Å²) in [6.45, 7) is 0.550. The van der Waals surface area contributed by atoms with Crippen LogP contribution >= 0.6 is 39.1 Å². The highest BCUT2D eigenvalue weighted by atomic mass is 79.9. The number of ether oxygens (including phenoxy) is 1. The van der Waals surface area contributed by atoms with E-state index >= 15 is 0 Å². The lowest BCUT2D eigenvalue weighted by Gasteiger charge is -2.10. The Morgan fingerprint density at radius 3 is 2.59 bits per heavy atom. The smallest absolute Gasteiger partial charge is 0.143 e. The molecule has 0 fully saturated rings. The molecule has 3 aromatic carbocycles. The number of nitrogens with zero attached hydrogens (tertiary/aromatic N) is 2. The molecule has 0 aliphatic rings. The second-order valence-corrected chi connectivity index (χ2v) is 7.69. The van der Waals surface area contributed by atoms with Gasteiger partial charge in [0.2, 0.25) is 0 Å². The average molecular weight is 490 g/mol. The maximum atomic E-state index is 9.08. The zero-order valence-electron chi connectivity index (χ0n) is 15.1. The molecule has 29 heavy (non-hydrogen) atoms. The van der Waals surface area contributed by atoms with E-state index in [2.05, 4.69) is 27.2 Å². The highest BCUT2D eigenvalue weighted by molar-refractivity contribution is 9.10. The van der Waals surface area contributed by atoms with Gasteiger partial charge in [-0.25, -0.2) is 0 Å². The summed E-state index contributed by atoms with van der Waals surface area (Å²) in [7, 11) is 0. The summed E-state index contributed by atoms with van der Waals surface area (Å²) in [5, 5.41) is 14.2. The number of oxime groups is 1. The van der Waals surface area contributed by atoms with Gasteiger partial charge in [-0.3, -0.25) is 0 Å². The fourth-order valence-electron chi connectivity index (χ4n) is 2.47. The summed E-state index contributed by atoms with van der Waals surface area (Å²) in [5.74, 6) is 0.678. The molecule has 0 saturated heterocycles. The number of benzene rings is 3. The van der Waals surface area contributed by atoms with Gasteiger partial charge >= 0.3 is 0 Å². The van der Waals surface area contributed by atoms with Crippen LogP contribution in [0, 0.1) is 11.3 Å². The van der Waals surface area contributed by atoms with Gasteiger partial charge in [-0.2, -0.15) is 5.26 Å². The van der Waals surface area contributed by atoms with Gasteiger partial charge in [-0.1, -0.05) is 52.6 Å². The lowest BCUT2D eigenvalue weighted by molar-refractivity contribution is 0.132. The molecule has 0 saturated carbocycles. The molecule has 0 aliphatic heterocycles. The van der Waals surface area contributed by atoms with Crippen LogP contribution < -0.4 is 4.74 Å². The molecule has 0 unspecified atom stereocenters. The summed E-state index contributed by atoms with van der Waals surface area (Å²) in [5.41, 5.74) is 3.05. The quantitative estimate of drug-likeness (QED) is 0.272. The second-order valence-electron chi connectivity index (χ2n) is 5.99. The third-order valence-corrected chi connectivity index (χ3v) is 5.20. The van der Waals surface area contributed by atoms with Gasteiger partial charge in [0, 0.05) is 21.2 Å². The largest absolute Gasteiger partial charge is 0.488 e. The highest BCUT2D eigenvalue weighted by Gasteiger charge is 2.06. The first-order valence-corrected chi connectivity index (χ1v) is 10.1. The van der Waals surface area contributed by atoms with Crippen molar-refractivity contribution in [3.8, 4) is 11.8 Å². The lowest BCUT2D eigenvalue weighted by atomic mass is 10.1. The fraction of sp³-hybridized carbons (Fsp3) is 0.0909. The van der Waals surface area contributed by atoms with Crippen molar-refractivity contribution in [1.82, 2.24) is 0 Å². The molecule has 0 spiro atoms. The maximum absolute atomic E-state index is 9.08. The zero-order chi connectivity index (χ0) is 20.6. The Bertz CT molecular complexity index is 1080. The molecule has 7 heteroatoms. The van der Waals surface area contributed by atoms with Crippen LogP contribution in [-0.4, -0.2) is 6.21 Å². The minimum Gasteiger partial charge on any atom is -0.488 e. The van der Waals surface area contributed by atoms with Gasteiger partial charge in [-0.05, 0) is 57.9 Å². The van der Waals surface area contributed by atoms with Crippen LogP contribution in [0.15, 0.2) is 70.3 Å². The SMILES string of the molecule is N#Cc1ccccc1CO/N=C\c1ccc(OCc2ccc(Cl)cc2Cl)c(Br)c1. The molecule has 0 amide bonds. The van der Waals surface area contributed by atoms with Gasteiger partial charge < -0.3 is 9.57 Å². The molecule has 0 radical (unpaired) electrons. The Balaban J connectivity index is 1.57. The van der Waals surface area contributed by atoms with Crippen molar-refractivity contribution < 1.29 is 9.57 Å². The summed E-state index contributed by atoms with van der Waals surface area (Å²) >= 11 is 15.6. The van der Waals surface area contributed by atoms with Crippen LogP contribution in [0.5, 0.6) is 5.75 Å². The van der Waals surface area contributed by atoms with E-state index < -0.39 is 0 Å². The number of hydrogen-bond acceptors (Lipinski definition) is 4. The van der Waals surface area contributed by atoms with E-state index in [1.165, 1.54) is 0 Å². The van der Waals surface area contributed by atoms with E-state index in [1.54, 1.807) is 24.4 Å². The molecule has 4 nitrogen and oxygen atoms in total. The van der Waals surface area contributed by atoms with Crippen molar-refractivity contribution in [2.75, 3.05) is 0 Å². The van der Waals surface area contributed by atoms with E-state index in [0.29, 0.717) is 28.0 Å². The molecule has 0 atom stereocenters. The second kappa shape index (κ2) is 10.3. The van der Waals surface area contributed by atoms with Crippen LogP contribution in [-0.2, 0) is 18.1 Å². The average Bonchev–Trinajstić information content (AvgIpc) is 2.72. The van der Waals surface area contributed by atoms with Gasteiger partial charge in [0.25, 0.3) is 0 Å². The van der Waals surface area contributed by atoms with Gasteiger partial charge in [0.05, 0.1) is 22.3 Å². The third kappa shape index (κ3) is 5.98. The molecular weight excluding hydrogens is 475 g/mol. The Hall–Kier alpha value is -2.52. The van der Waals surface area contributed by atoms with E-state index in [4.69, 9.17) is 38.0 Å². The first kappa shape index (κ1) is 21.2. The van der Waals surface area contributed by atoms with Crippen LogP contribution in [0.2, 0.25) is 10.0 Å². The Labute approximate surface area is 187 Å². The standard InChI is InChI=1S/C22H15BrCl2N2O2/c23-20-9-15(12-27-29-14-17-4-2-1-3-16(17)11-26)5-8-22(20)28-13-18-6-7-19(24)10-21(18)25/h1-10,12H,13-14H2/b27-12-. The van der Waals surface area contributed by atoms with Crippen molar-refractivity contribution in [1.29, 1.82) is 5.26 Å². The van der Waals surface area contributed by atoms with Crippen LogP contribution in [0.3, 0.4) is 0 Å². The van der Waals surface area contributed by atoms with Crippen molar-refractivity contribution in [2.24, 2.45) is 5.16 Å². The summed E-state index contributed by atoms with van der Waals surface area (Å²) < 4.78 is 6.61. The van der Waals surface area contributed by atoms with E-state index in [0.717, 1.165) is 21.2 Å². The highest BCUT2D eigenvalue weighted by Crippen LogP contribution is 2.28. The van der Waals surface area contributed by atoms with Gasteiger partial charge in [0.1, 0.15) is 19.0 Å². The molecule has 0 heterocycles. The predicted octanol–water partition coefficient (Wildman–Crippen LogP) is 6.76. The number of nitriles is 1. The van der Waals surface area contributed by atoms with Crippen molar-refractivity contribution >= 4 is 45.3 Å². The molecule has 0 aliphatic carbocycles. The lowest BCUT2D eigenvalue weighted by Crippen LogP contribution is -1.97. The minimum atomic E-state index is 0.227. The van der Waals surface area contributed by atoms with E-state index in [9.17, 15) is 0 Å². The summed E-state index contributed by atoms with van der Waals surface area (Å²) in [6, 6.07) is 20.2. The summed E-state index contributed by atoms with van der Waals surface area (Å²) in [4.78, 5) is 5.31. The molecule has 146 valence electrons. The Morgan fingerprint density at radius 2 is 1.83 bits per heavy atom. The van der Waals surface area contributed by atoms with E-state index in [-0.39, 0.29) is 6.61 Å². The fourth-order valence-corrected chi connectivity index (χ4v) is 3.44. The Morgan fingerprint density at radius 1 is 1.00 bits per heavy atom. The molecule has 0 N–H and O–H groups in total. The first-order valence-electron chi connectivity index (χ1n) is 8.56. The number of rotatable bonds is 7. The first-order chi connectivity index (χ1) is 14.1. The van der Waals surface area contributed by atoms with Crippen LogP contribution in [0.4, 0.5) is 0 Å². The van der Waals surface area contributed by atoms with Crippen LogP contribution in [0.25, 0.3) is 0 Å². The van der Waals surface area contributed by atoms with Gasteiger partial charge in [0.15, 0.2) is 0 Å². The van der Waals surface area contributed by atoms with Crippen molar-refractivity contribution in [2.45, 2.75) is 13.2 Å².